The number of hydrogen-bond donors (Lipinski definition) is 2. The summed E-state index contributed by atoms with van der Waals surface area (Å²) in [6.07, 6.45) is 14.1. The Labute approximate surface area is 287 Å². The quantitative estimate of drug-likeness (QED) is 0.0836. The molecule has 1 saturated carbocycles. The van der Waals surface area contributed by atoms with Crippen molar-refractivity contribution in [3.8, 4) is 5.75 Å². The lowest BCUT2D eigenvalue weighted by Gasteiger charge is -2.33. The van der Waals surface area contributed by atoms with Gasteiger partial charge in [-0.2, -0.15) is 0 Å². The van der Waals surface area contributed by atoms with E-state index in [4.69, 9.17) is 21.1 Å². The van der Waals surface area contributed by atoms with E-state index in [0.717, 1.165) is 36.8 Å². The second kappa shape index (κ2) is 18.0. The zero-order valence-corrected chi connectivity index (χ0v) is 28.4. The fourth-order valence-corrected chi connectivity index (χ4v) is 5.68. The highest BCUT2D eigenvalue weighted by atomic mass is 35.5. The molecule has 2 fully saturated rings. The van der Waals surface area contributed by atoms with Crippen LogP contribution in [0.5, 0.6) is 5.75 Å². The Morgan fingerprint density at radius 2 is 1.83 bits per heavy atom. The average molecular weight is 681 g/mol. The molecular weight excluding hydrogens is 635 g/mol. The van der Waals surface area contributed by atoms with E-state index in [0.29, 0.717) is 74.6 Å². The number of aromatic nitrogens is 2. The molecule has 3 aromatic rings. The third kappa shape index (κ3) is 10.8. The van der Waals surface area contributed by atoms with Crippen LogP contribution in [-0.2, 0) is 14.3 Å². The SMILES string of the molecule is CCCCCCCCOC(=O)CN1CCN(C(=O)C=CCNc2cc3c(Nc4ccc(F)c(Cl)c4)ncnc3cc2OCC2CC2)CC1. The van der Waals surface area contributed by atoms with Gasteiger partial charge in [-0.15, -0.1) is 0 Å². The van der Waals surface area contributed by atoms with Crippen molar-refractivity contribution < 1.29 is 23.5 Å². The zero-order chi connectivity index (χ0) is 33.7. The van der Waals surface area contributed by atoms with Crippen LogP contribution in [0.15, 0.2) is 48.8 Å². The van der Waals surface area contributed by atoms with Crippen molar-refractivity contribution >= 4 is 51.6 Å². The first-order valence-electron chi connectivity index (χ1n) is 17.1. The Balaban J connectivity index is 1.12. The van der Waals surface area contributed by atoms with Gasteiger partial charge in [0.1, 0.15) is 23.7 Å². The molecule has 0 radical (unpaired) electrons. The van der Waals surface area contributed by atoms with Crippen molar-refractivity contribution in [1.82, 2.24) is 19.8 Å². The molecule has 10 nitrogen and oxygen atoms in total. The van der Waals surface area contributed by atoms with Gasteiger partial charge in [0.05, 0.1) is 36.0 Å². The number of carbonyl (C=O) groups excluding carboxylic acids is 2. The smallest absolute Gasteiger partial charge is 0.320 e. The van der Waals surface area contributed by atoms with Crippen molar-refractivity contribution in [2.45, 2.75) is 58.3 Å². The van der Waals surface area contributed by atoms with Crippen LogP contribution >= 0.6 is 11.6 Å². The molecule has 1 aliphatic heterocycles. The highest BCUT2D eigenvalue weighted by Gasteiger charge is 2.23. The number of esters is 1. The molecule has 1 aromatic heterocycles. The molecule has 2 heterocycles. The number of nitrogens with zero attached hydrogens (tertiary/aromatic N) is 4. The summed E-state index contributed by atoms with van der Waals surface area (Å²) in [6, 6.07) is 8.19. The van der Waals surface area contributed by atoms with Gasteiger partial charge in [0.2, 0.25) is 5.91 Å². The maximum atomic E-state index is 13.7. The second-order valence-corrected chi connectivity index (χ2v) is 12.9. The number of fused-ring (bicyclic) bond motifs is 1. The number of hydrogen-bond acceptors (Lipinski definition) is 9. The minimum absolute atomic E-state index is 0.0125. The minimum Gasteiger partial charge on any atom is -0.491 e. The van der Waals surface area contributed by atoms with Gasteiger partial charge in [-0.1, -0.05) is 56.7 Å². The lowest BCUT2D eigenvalue weighted by Crippen LogP contribution is -2.49. The zero-order valence-electron chi connectivity index (χ0n) is 27.7. The third-order valence-electron chi connectivity index (χ3n) is 8.56. The molecule has 12 heteroatoms. The molecule has 5 rings (SSSR count). The molecule has 0 bridgehead atoms. The molecule has 258 valence electrons. The van der Waals surface area contributed by atoms with Crippen LogP contribution < -0.4 is 15.4 Å². The number of ether oxygens (including phenoxy) is 2. The summed E-state index contributed by atoms with van der Waals surface area (Å²) in [5.41, 5.74) is 2.02. The van der Waals surface area contributed by atoms with Gasteiger partial charge in [0, 0.05) is 55.9 Å². The number of halogens is 2. The van der Waals surface area contributed by atoms with Crippen LogP contribution in [0, 0.1) is 11.7 Å². The largest absolute Gasteiger partial charge is 0.491 e. The monoisotopic (exact) mass is 680 g/mol. The molecule has 2 aliphatic rings. The predicted molar refractivity (Wildman–Crippen MR) is 187 cm³/mol. The highest BCUT2D eigenvalue weighted by molar-refractivity contribution is 6.31. The van der Waals surface area contributed by atoms with Crippen molar-refractivity contribution in [1.29, 1.82) is 0 Å². The molecule has 2 aromatic carbocycles. The number of piperazine rings is 1. The van der Waals surface area contributed by atoms with Gasteiger partial charge in [0.15, 0.2) is 0 Å². The van der Waals surface area contributed by atoms with Crippen LogP contribution in [0.1, 0.15) is 58.3 Å². The topological polar surface area (TPSA) is 109 Å². The van der Waals surface area contributed by atoms with Crippen LogP contribution in [0.2, 0.25) is 5.02 Å². The predicted octanol–water partition coefficient (Wildman–Crippen LogP) is 6.97. The van der Waals surface area contributed by atoms with Gasteiger partial charge in [0.25, 0.3) is 0 Å². The second-order valence-electron chi connectivity index (χ2n) is 12.5. The standard InChI is InChI=1S/C36H46ClFN6O4/c1-2-3-4-5-6-7-19-47-35(46)23-43-15-17-44(18-16-43)34(45)9-8-14-39-32-21-28-31(22-33(32)48-24-26-10-11-26)40-25-41-36(28)42-27-12-13-30(38)29(37)20-27/h8-9,12-13,20-22,25-26,39H,2-7,10-11,14-19,23-24H2,1H3,(H,40,41,42). The Morgan fingerprint density at radius 1 is 1.04 bits per heavy atom. The number of anilines is 3. The summed E-state index contributed by atoms with van der Waals surface area (Å²) in [5, 5.41) is 7.34. The van der Waals surface area contributed by atoms with Crippen LogP contribution in [0.4, 0.5) is 21.6 Å². The van der Waals surface area contributed by atoms with E-state index in [1.807, 2.05) is 17.0 Å². The van der Waals surface area contributed by atoms with Crippen LogP contribution in [0.3, 0.4) is 0 Å². The summed E-state index contributed by atoms with van der Waals surface area (Å²) < 4.78 is 25.3. The average Bonchev–Trinajstić information content (AvgIpc) is 3.92. The summed E-state index contributed by atoms with van der Waals surface area (Å²) >= 11 is 5.98. The van der Waals surface area contributed by atoms with Crippen molar-refractivity contribution in [3.63, 3.8) is 0 Å². The fraction of sp³-hybridized carbons (Fsp3) is 0.500. The summed E-state index contributed by atoms with van der Waals surface area (Å²) in [7, 11) is 0. The number of amides is 1. The Bertz CT molecular complexity index is 1560. The molecule has 2 N–H and O–H groups in total. The molecule has 0 spiro atoms. The van der Waals surface area contributed by atoms with E-state index >= 15 is 0 Å². The van der Waals surface area contributed by atoms with Gasteiger partial charge in [-0.3, -0.25) is 14.5 Å². The molecule has 48 heavy (non-hydrogen) atoms. The third-order valence-corrected chi connectivity index (χ3v) is 8.85. The lowest BCUT2D eigenvalue weighted by molar-refractivity contribution is -0.145. The van der Waals surface area contributed by atoms with E-state index in [2.05, 4.69) is 27.5 Å². The van der Waals surface area contributed by atoms with Gasteiger partial charge in [-0.05, 0) is 49.4 Å². The molecule has 1 saturated heterocycles. The molecule has 1 amide bonds. The maximum Gasteiger partial charge on any atom is 0.320 e. The summed E-state index contributed by atoms with van der Waals surface area (Å²) in [4.78, 5) is 37.9. The van der Waals surface area contributed by atoms with Gasteiger partial charge >= 0.3 is 5.97 Å². The van der Waals surface area contributed by atoms with E-state index in [1.165, 1.54) is 44.1 Å². The maximum absolute atomic E-state index is 13.7. The number of unbranched alkanes of at least 4 members (excludes halogenated alkanes) is 5. The van der Waals surface area contributed by atoms with Gasteiger partial charge < -0.3 is 25.0 Å². The first-order valence-corrected chi connectivity index (χ1v) is 17.5. The normalized spacial score (nSPS) is 15.2. The van der Waals surface area contributed by atoms with Crippen LogP contribution in [0.25, 0.3) is 10.9 Å². The van der Waals surface area contributed by atoms with Crippen molar-refractivity contribution in [3.05, 3.63) is 59.7 Å². The molecule has 0 atom stereocenters. The Hall–Kier alpha value is -3.96. The number of carbonyl (C=O) groups is 2. The minimum atomic E-state index is -0.497. The van der Waals surface area contributed by atoms with Crippen molar-refractivity contribution in [2.75, 3.05) is 63.1 Å². The lowest BCUT2D eigenvalue weighted by atomic mass is 10.1. The van der Waals surface area contributed by atoms with Crippen molar-refractivity contribution in [2.24, 2.45) is 5.92 Å². The number of benzene rings is 2. The molecular formula is C36H46ClFN6O4. The summed E-state index contributed by atoms with van der Waals surface area (Å²) in [5.74, 6) is 1.01. The van der Waals surface area contributed by atoms with E-state index in [9.17, 15) is 14.0 Å². The number of nitrogens with one attached hydrogen (secondary N) is 2. The van der Waals surface area contributed by atoms with E-state index in [-0.39, 0.29) is 23.4 Å². The molecule has 0 unspecified atom stereocenters. The highest BCUT2D eigenvalue weighted by Crippen LogP contribution is 2.36. The number of rotatable bonds is 18. The first-order chi connectivity index (χ1) is 23.4. The Morgan fingerprint density at radius 3 is 2.60 bits per heavy atom. The van der Waals surface area contributed by atoms with Gasteiger partial charge in [-0.25, -0.2) is 14.4 Å². The van der Waals surface area contributed by atoms with Crippen LogP contribution in [-0.4, -0.2) is 84.1 Å². The first kappa shape index (κ1) is 35.3. The molecule has 1 aliphatic carbocycles. The van der Waals surface area contributed by atoms with E-state index in [1.54, 1.807) is 23.1 Å². The Kier molecular flexibility index (Phi) is 13.2. The fourth-order valence-electron chi connectivity index (χ4n) is 5.50. The van der Waals surface area contributed by atoms with E-state index < -0.39 is 5.82 Å². The summed E-state index contributed by atoms with van der Waals surface area (Å²) in [6.45, 7) is 6.33.